The third-order valence-electron chi connectivity index (χ3n) is 4.86. The van der Waals surface area contributed by atoms with Crippen molar-refractivity contribution in [1.82, 2.24) is 14.8 Å². The summed E-state index contributed by atoms with van der Waals surface area (Å²) in [6, 6.07) is 21.8. The molecule has 0 aliphatic heterocycles. The zero-order valence-electron chi connectivity index (χ0n) is 17.5. The van der Waals surface area contributed by atoms with Gasteiger partial charge in [-0.3, -0.25) is 14.7 Å². The number of rotatable bonds is 8. The van der Waals surface area contributed by atoms with E-state index in [1.807, 2.05) is 53.1 Å². The topological polar surface area (TPSA) is 92.3 Å². The molecule has 0 aliphatic carbocycles. The van der Waals surface area contributed by atoms with Crippen molar-refractivity contribution in [2.75, 3.05) is 14.2 Å². The molecule has 0 fully saturated rings. The number of ether oxygens (including phenoxy) is 2. The molecule has 0 radical (unpaired) electrons. The van der Waals surface area contributed by atoms with Crippen LogP contribution in [0.4, 0.5) is 5.69 Å². The molecule has 0 saturated heterocycles. The van der Waals surface area contributed by atoms with Crippen molar-refractivity contribution >= 4 is 17.4 Å². The van der Waals surface area contributed by atoms with Crippen molar-refractivity contribution in [3.05, 3.63) is 88.5 Å². The van der Waals surface area contributed by atoms with Gasteiger partial charge in [-0.15, -0.1) is 10.2 Å². The van der Waals surface area contributed by atoms with Crippen molar-refractivity contribution in [3.63, 3.8) is 0 Å². The van der Waals surface area contributed by atoms with Crippen LogP contribution < -0.4 is 9.47 Å². The lowest BCUT2D eigenvalue weighted by Gasteiger charge is -2.13. The molecule has 0 amide bonds. The third-order valence-corrected chi connectivity index (χ3v) is 5.83. The highest BCUT2D eigenvalue weighted by atomic mass is 32.2. The van der Waals surface area contributed by atoms with Gasteiger partial charge in [0.1, 0.15) is 11.5 Å². The molecule has 4 aromatic rings. The number of nitrogens with zero attached hydrogens (tertiary/aromatic N) is 4. The average Bonchev–Trinajstić information content (AvgIpc) is 3.26. The largest absolute Gasteiger partial charge is 0.497 e. The maximum Gasteiger partial charge on any atom is 0.273 e. The van der Waals surface area contributed by atoms with Crippen LogP contribution in [0.3, 0.4) is 0 Å². The van der Waals surface area contributed by atoms with Gasteiger partial charge in [0.15, 0.2) is 11.0 Å². The fourth-order valence-electron chi connectivity index (χ4n) is 3.28. The summed E-state index contributed by atoms with van der Waals surface area (Å²) >= 11 is 1.38. The fraction of sp³-hybridized carbons (Fsp3) is 0.130. The van der Waals surface area contributed by atoms with Crippen LogP contribution in [0.1, 0.15) is 5.56 Å². The number of methoxy groups -OCH3 is 2. The molecular weight excluding hydrogens is 428 g/mol. The number of para-hydroxylation sites is 2. The zero-order valence-corrected chi connectivity index (χ0v) is 18.3. The molecule has 0 saturated carbocycles. The van der Waals surface area contributed by atoms with Gasteiger partial charge in [0.2, 0.25) is 0 Å². The Morgan fingerprint density at radius 1 is 0.938 bits per heavy atom. The smallest absolute Gasteiger partial charge is 0.273 e. The summed E-state index contributed by atoms with van der Waals surface area (Å²) < 4.78 is 12.7. The molecule has 0 aliphatic rings. The minimum atomic E-state index is -0.371. The molecule has 32 heavy (non-hydrogen) atoms. The minimum absolute atomic E-state index is 0.0838. The van der Waals surface area contributed by atoms with Gasteiger partial charge >= 0.3 is 0 Å². The summed E-state index contributed by atoms with van der Waals surface area (Å²) in [5, 5.41) is 20.8. The maximum atomic E-state index is 11.4. The van der Waals surface area contributed by atoms with Gasteiger partial charge in [-0.2, -0.15) is 0 Å². The third kappa shape index (κ3) is 4.28. The number of nitro benzene ring substituents is 1. The quantitative estimate of drug-likeness (QED) is 0.209. The molecule has 4 rings (SSSR count). The Kier molecular flexibility index (Phi) is 6.37. The summed E-state index contributed by atoms with van der Waals surface area (Å²) in [6.07, 6.45) is 0. The number of thioether (sulfide) groups is 1. The van der Waals surface area contributed by atoms with E-state index in [1.54, 1.807) is 32.4 Å². The Morgan fingerprint density at radius 2 is 1.66 bits per heavy atom. The predicted molar refractivity (Wildman–Crippen MR) is 123 cm³/mol. The molecule has 9 heteroatoms. The van der Waals surface area contributed by atoms with Gasteiger partial charge in [-0.05, 0) is 36.4 Å². The van der Waals surface area contributed by atoms with Crippen LogP contribution in [0.5, 0.6) is 11.5 Å². The van der Waals surface area contributed by atoms with Gasteiger partial charge in [0, 0.05) is 17.4 Å². The van der Waals surface area contributed by atoms with Crippen LogP contribution in [-0.2, 0) is 5.75 Å². The highest BCUT2D eigenvalue weighted by Gasteiger charge is 2.20. The standard InChI is InChI=1S/C23H20N4O4S/c1-30-18-13-11-17(12-14-18)26-22(19-8-4-6-10-21(19)31-2)24-25-23(26)32-15-16-7-3-5-9-20(16)27(28)29/h3-14H,15H2,1-2H3. The Labute approximate surface area is 189 Å². The first kappa shape index (κ1) is 21.4. The van der Waals surface area contributed by atoms with Crippen molar-refractivity contribution in [3.8, 4) is 28.6 Å². The zero-order chi connectivity index (χ0) is 22.5. The van der Waals surface area contributed by atoms with Gasteiger partial charge in [-0.1, -0.05) is 42.1 Å². The van der Waals surface area contributed by atoms with Crippen LogP contribution in [0.2, 0.25) is 0 Å². The molecule has 0 spiro atoms. The minimum Gasteiger partial charge on any atom is -0.497 e. The van der Waals surface area contributed by atoms with Gasteiger partial charge in [0.25, 0.3) is 5.69 Å². The van der Waals surface area contributed by atoms with Gasteiger partial charge in [0.05, 0.1) is 30.4 Å². The molecule has 8 nitrogen and oxygen atoms in total. The van der Waals surface area contributed by atoms with E-state index in [0.29, 0.717) is 28.0 Å². The normalized spacial score (nSPS) is 10.7. The molecule has 162 valence electrons. The van der Waals surface area contributed by atoms with E-state index in [1.165, 1.54) is 17.8 Å². The van der Waals surface area contributed by atoms with Crippen molar-refractivity contribution in [1.29, 1.82) is 0 Å². The van der Waals surface area contributed by atoms with Gasteiger partial charge < -0.3 is 9.47 Å². The second kappa shape index (κ2) is 9.52. The Hall–Kier alpha value is -3.85. The number of hydrogen-bond acceptors (Lipinski definition) is 7. The first-order valence-electron chi connectivity index (χ1n) is 9.70. The maximum absolute atomic E-state index is 11.4. The molecule has 0 atom stereocenters. The molecule has 0 bridgehead atoms. The van der Waals surface area contributed by atoms with Crippen molar-refractivity contribution in [2.24, 2.45) is 0 Å². The Balaban J connectivity index is 1.77. The number of aromatic nitrogens is 3. The van der Waals surface area contributed by atoms with Crippen LogP contribution >= 0.6 is 11.8 Å². The monoisotopic (exact) mass is 448 g/mol. The fourth-order valence-corrected chi connectivity index (χ4v) is 4.23. The summed E-state index contributed by atoms with van der Waals surface area (Å²) in [6.45, 7) is 0. The number of hydrogen-bond donors (Lipinski definition) is 0. The van der Waals surface area contributed by atoms with E-state index in [9.17, 15) is 10.1 Å². The SMILES string of the molecule is COc1ccc(-n2c(SCc3ccccc3[N+](=O)[O-])nnc2-c2ccccc2OC)cc1. The van der Waals surface area contributed by atoms with Crippen LogP contribution in [0.25, 0.3) is 17.1 Å². The summed E-state index contributed by atoms with van der Waals surface area (Å²) in [5.41, 5.74) is 2.32. The second-order valence-electron chi connectivity index (χ2n) is 6.71. The lowest BCUT2D eigenvalue weighted by atomic mass is 10.2. The molecule has 3 aromatic carbocycles. The van der Waals surface area contributed by atoms with E-state index >= 15 is 0 Å². The van der Waals surface area contributed by atoms with E-state index in [2.05, 4.69) is 10.2 Å². The van der Waals surface area contributed by atoms with E-state index < -0.39 is 0 Å². The van der Waals surface area contributed by atoms with E-state index in [-0.39, 0.29) is 10.6 Å². The average molecular weight is 449 g/mol. The van der Waals surface area contributed by atoms with Crippen molar-refractivity contribution in [2.45, 2.75) is 10.9 Å². The predicted octanol–water partition coefficient (Wildman–Crippen LogP) is 5.15. The number of nitro groups is 1. The van der Waals surface area contributed by atoms with Gasteiger partial charge in [-0.25, -0.2) is 0 Å². The molecule has 1 aromatic heterocycles. The number of benzene rings is 3. The second-order valence-corrected chi connectivity index (χ2v) is 7.66. The highest BCUT2D eigenvalue weighted by molar-refractivity contribution is 7.98. The Bertz CT molecular complexity index is 1240. The summed E-state index contributed by atoms with van der Waals surface area (Å²) in [4.78, 5) is 11.0. The van der Waals surface area contributed by atoms with E-state index in [4.69, 9.17) is 9.47 Å². The molecule has 0 N–H and O–H groups in total. The first-order valence-corrected chi connectivity index (χ1v) is 10.7. The lowest BCUT2D eigenvalue weighted by molar-refractivity contribution is -0.385. The lowest BCUT2D eigenvalue weighted by Crippen LogP contribution is -2.01. The Morgan fingerprint density at radius 3 is 2.38 bits per heavy atom. The van der Waals surface area contributed by atoms with Crippen LogP contribution in [-0.4, -0.2) is 33.9 Å². The molecular formula is C23H20N4O4S. The first-order chi connectivity index (χ1) is 15.6. The molecule has 1 heterocycles. The highest BCUT2D eigenvalue weighted by Crippen LogP contribution is 2.35. The molecule has 0 unspecified atom stereocenters. The summed E-state index contributed by atoms with van der Waals surface area (Å²) in [7, 11) is 3.22. The van der Waals surface area contributed by atoms with E-state index in [0.717, 1.165) is 17.0 Å². The van der Waals surface area contributed by atoms with Crippen LogP contribution in [0, 0.1) is 10.1 Å². The van der Waals surface area contributed by atoms with Crippen LogP contribution in [0.15, 0.2) is 78.0 Å². The summed E-state index contributed by atoms with van der Waals surface area (Å²) in [5.74, 6) is 2.38. The van der Waals surface area contributed by atoms with Crippen molar-refractivity contribution < 1.29 is 14.4 Å².